The van der Waals surface area contributed by atoms with Crippen LogP contribution in [0.3, 0.4) is 0 Å². The predicted molar refractivity (Wildman–Crippen MR) is 63.6 cm³/mol. The molecule has 3 nitrogen and oxygen atoms in total. The zero-order chi connectivity index (χ0) is 11.3. The highest BCUT2D eigenvalue weighted by atomic mass is 16.3. The Morgan fingerprint density at radius 3 is 2.53 bits per heavy atom. The van der Waals surface area contributed by atoms with Crippen LogP contribution in [0.2, 0.25) is 0 Å². The standard InChI is InChI=1S/C12H26N2O/c1-9(2)12(8-15)14-11-6-4-3-5-10(11)7-13/h9-12,14-15H,3-8,13H2,1-2H3/t10?,11?,12-/m1/s1. The Bertz CT molecular complexity index is 173. The van der Waals surface area contributed by atoms with Gasteiger partial charge in [0, 0.05) is 12.1 Å². The summed E-state index contributed by atoms with van der Waals surface area (Å²) in [6, 6.07) is 0.741. The Hall–Kier alpha value is -0.120. The lowest BCUT2D eigenvalue weighted by Crippen LogP contribution is -2.49. The molecule has 0 heterocycles. The molecule has 1 saturated carbocycles. The van der Waals surface area contributed by atoms with Gasteiger partial charge in [0.1, 0.15) is 0 Å². The molecule has 0 amide bonds. The van der Waals surface area contributed by atoms with E-state index in [4.69, 9.17) is 5.73 Å². The molecule has 0 aliphatic heterocycles. The summed E-state index contributed by atoms with van der Waals surface area (Å²) in [5.74, 6) is 1.09. The van der Waals surface area contributed by atoms with Crippen molar-refractivity contribution in [2.24, 2.45) is 17.6 Å². The monoisotopic (exact) mass is 214 g/mol. The molecular weight excluding hydrogens is 188 g/mol. The molecule has 2 unspecified atom stereocenters. The number of nitrogens with one attached hydrogen (secondary N) is 1. The van der Waals surface area contributed by atoms with E-state index in [9.17, 15) is 5.11 Å². The quantitative estimate of drug-likeness (QED) is 0.642. The lowest BCUT2D eigenvalue weighted by Gasteiger charge is -2.35. The van der Waals surface area contributed by atoms with Gasteiger partial charge in [0.2, 0.25) is 0 Å². The minimum absolute atomic E-state index is 0.224. The Balaban J connectivity index is 2.46. The first-order valence-electron chi connectivity index (χ1n) is 6.26. The lowest BCUT2D eigenvalue weighted by atomic mass is 9.83. The van der Waals surface area contributed by atoms with Crippen LogP contribution in [-0.2, 0) is 0 Å². The second-order valence-electron chi connectivity index (χ2n) is 5.09. The van der Waals surface area contributed by atoms with E-state index in [0.717, 1.165) is 6.54 Å². The molecule has 4 N–H and O–H groups in total. The molecule has 1 aliphatic rings. The van der Waals surface area contributed by atoms with E-state index in [-0.39, 0.29) is 12.6 Å². The van der Waals surface area contributed by atoms with Gasteiger partial charge >= 0.3 is 0 Å². The minimum atomic E-state index is 0.224. The summed E-state index contributed by atoms with van der Waals surface area (Å²) in [5, 5.41) is 12.9. The summed E-state index contributed by atoms with van der Waals surface area (Å²) in [4.78, 5) is 0. The van der Waals surface area contributed by atoms with E-state index in [1.54, 1.807) is 0 Å². The average Bonchev–Trinajstić information content (AvgIpc) is 2.25. The number of hydrogen-bond acceptors (Lipinski definition) is 3. The van der Waals surface area contributed by atoms with Crippen LogP contribution in [0, 0.1) is 11.8 Å². The fraction of sp³-hybridized carbons (Fsp3) is 1.00. The van der Waals surface area contributed by atoms with Crippen molar-refractivity contribution in [2.45, 2.75) is 51.6 Å². The van der Waals surface area contributed by atoms with Gasteiger partial charge in [-0.25, -0.2) is 0 Å². The molecule has 0 bridgehead atoms. The van der Waals surface area contributed by atoms with E-state index in [0.29, 0.717) is 17.9 Å². The number of rotatable bonds is 5. The summed E-state index contributed by atoms with van der Waals surface area (Å²) in [6.45, 7) is 5.29. The Morgan fingerprint density at radius 2 is 2.00 bits per heavy atom. The third kappa shape index (κ3) is 3.74. The topological polar surface area (TPSA) is 58.3 Å². The van der Waals surface area contributed by atoms with Crippen LogP contribution in [0.5, 0.6) is 0 Å². The summed E-state index contributed by atoms with van der Waals surface area (Å²) < 4.78 is 0. The van der Waals surface area contributed by atoms with Crippen molar-refractivity contribution in [2.75, 3.05) is 13.2 Å². The van der Waals surface area contributed by atoms with Crippen LogP contribution < -0.4 is 11.1 Å². The van der Waals surface area contributed by atoms with Gasteiger partial charge in [-0.3, -0.25) is 0 Å². The number of nitrogens with two attached hydrogens (primary N) is 1. The van der Waals surface area contributed by atoms with Crippen LogP contribution in [0.1, 0.15) is 39.5 Å². The van der Waals surface area contributed by atoms with Crippen molar-refractivity contribution in [1.82, 2.24) is 5.32 Å². The molecule has 3 heteroatoms. The molecule has 3 atom stereocenters. The Morgan fingerprint density at radius 1 is 1.33 bits per heavy atom. The van der Waals surface area contributed by atoms with Gasteiger partial charge < -0.3 is 16.2 Å². The van der Waals surface area contributed by atoms with Gasteiger partial charge in [-0.05, 0) is 31.2 Å². The van der Waals surface area contributed by atoms with Gasteiger partial charge in [0.15, 0.2) is 0 Å². The summed E-state index contributed by atoms with van der Waals surface area (Å²) in [6.07, 6.45) is 5.06. The molecule has 1 fully saturated rings. The maximum absolute atomic E-state index is 9.29. The van der Waals surface area contributed by atoms with Gasteiger partial charge in [-0.1, -0.05) is 26.7 Å². The number of aliphatic hydroxyl groups excluding tert-OH is 1. The second kappa shape index (κ2) is 6.46. The fourth-order valence-electron chi connectivity index (χ4n) is 2.44. The Labute approximate surface area is 93.4 Å². The third-order valence-corrected chi connectivity index (χ3v) is 3.64. The van der Waals surface area contributed by atoms with Gasteiger partial charge in [-0.15, -0.1) is 0 Å². The van der Waals surface area contributed by atoms with Crippen LogP contribution in [-0.4, -0.2) is 30.3 Å². The first kappa shape index (κ1) is 12.9. The first-order chi connectivity index (χ1) is 7.19. The van der Waals surface area contributed by atoms with Gasteiger partial charge in [0.05, 0.1) is 6.61 Å². The lowest BCUT2D eigenvalue weighted by molar-refractivity contribution is 0.166. The van der Waals surface area contributed by atoms with Crippen molar-refractivity contribution < 1.29 is 5.11 Å². The second-order valence-corrected chi connectivity index (χ2v) is 5.09. The van der Waals surface area contributed by atoms with Gasteiger partial charge in [-0.2, -0.15) is 0 Å². The van der Waals surface area contributed by atoms with Gasteiger partial charge in [0.25, 0.3) is 0 Å². The molecule has 0 spiro atoms. The summed E-state index contributed by atoms with van der Waals surface area (Å²) in [7, 11) is 0. The van der Waals surface area contributed by atoms with E-state index in [1.807, 2.05) is 0 Å². The van der Waals surface area contributed by atoms with E-state index in [1.165, 1.54) is 25.7 Å². The maximum Gasteiger partial charge on any atom is 0.0587 e. The molecular formula is C12H26N2O. The average molecular weight is 214 g/mol. The molecule has 1 aliphatic carbocycles. The highest BCUT2D eigenvalue weighted by molar-refractivity contribution is 4.85. The smallest absolute Gasteiger partial charge is 0.0587 e. The molecule has 0 saturated heterocycles. The third-order valence-electron chi connectivity index (χ3n) is 3.64. The highest BCUT2D eigenvalue weighted by Gasteiger charge is 2.26. The molecule has 90 valence electrons. The zero-order valence-corrected chi connectivity index (χ0v) is 10.1. The van der Waals surface area contributed by atoms with Crippen molar-refractivity contribution in [3.8, 4) is 0 Å². The van der Waals surface area contributed by atoms with E-state index in [2.05, 4.69) is 19.2 Å². The van der Waals surface area contributed by atoms with Crippen molar-refractivity contribution in [1.29, 1.82) is 0 Å². The van der Waals surface area contributed by atoms with Crippen LogP contribution in [0.4, 0.5) is 0 Å². The largest absolute Gasteiger partial charge is 0.395 e. The van der Waals surface area contributed by atoms with Crippen LogP contribution in [0.15, 0.2) is 0 Å². The van der Waals surface area contributed by atoms with Crippen molar-refractivity contribution in [3.63, 3.8) is 0 Å². The first-order valence-corrected chi connectivity index (χ1v) is 6.26. The zero-order valence-electron chi connectivity index (χ0n) is 10.1. The number of hydrogen-bond donors (Lipinski definition) is 3. The highest BCUT2D eigenvalue weighted by Crippen LogP contribution is 2.24. The Kier molecular flexibility index (Phi) is 5.58. The predicted octanol–water partition coefficient (Wildman–Crippen LogP) is 1.11. The molecule has 0 radical (unpaired) electrons. The summed E-state index contributed by atoms with van der Waals surface area (Å²) in [5.41, 5.74) is 5.78. The van der Waals surface area contributed by atoms with E-state index < -0.39 is 0 Å². The van der Waals surface area contributed by atoms with Crippen molar-refractivity contribution in [3.05, 3.63) is 0 Å². The number of aliphatic hydroxyl groups is 1. The maximum atomic E-state index is 9.29. The fourth-order valence-corrected chi connectivity index (χ4v) is 2.44. The van der Waals surface area contributed by atoms with Crippen LogP contribution >= 0.6 is 0 Å². The molecule has 15 heavy (non-hydrogen) atoms. The van der Waals surface area contributed by atoms with Crippen LogP contribution in [0.25, 0.3) is 0 Å². The van der Waals surface area contributed by atoms with Crippen molar-refractivity contribution >= 4 is 0 Å². The van der Waals surface area contributed by atoms with E-state index >= 15 is 0 Å². The SMILES string of the molecule is CC(C)[C@@H](CO)NC1CCCCC1CN. The normalized spacial score (nSPS) is 29.4. The molecule has 0 aromatic rings. The minimum Gasteiger partial charge on any atom is -0.395 e. The molecule has 0 aromatic heterocycles. The molecule has 1 rings (SSSR count). The molecule has 0 aromatic carbocycles. The summed E-state index contributed by atoms with van der Waals surface area (Å²) >= 11 is 0.